The Morgan fingerprint density at radius 1 is 1.31 bits per heavy atom. The largest absolute Gasteiger partial charge is 0.481 e. The van der Waals surface area contributed by atoms with Gasteiger partial charge in [-0.2, -0.15) is 0 Å². The van der Waals surface area contributed by atoms with E-state index in [4.69, 9.17) is 5.11 Å². The van der Waals surface area contributed by atoms with E-state index in [-0.39, 0.29) is 17.9 Å². The molecule has 1 saturated carbocycles. The summed E-state index contributed by atoms with van der Waals surface area (Å²) in [7, 11) is 0. The van der Waals surface area contributed by atoms with Gasteiger partial charge in [0, 0.05) is 12.1 Å². The zero-order valence-electron chi connectivity index (χ0n) is 9.35. The molecule has 0 spiro atoms. The average molecular weight is 223 g/mol. The summed E-state index contributed by atoms with van der Waals surface area (Å²) in [6.45, 7) is 1.87. The minimum Gasteiger partial charge on any atom is -0.481 e. The van der Waals surface area contributed by atoms with Crippen LogP contribution in [0, 0.1) is 5.92 Å². The lowest BCUT2D eigenvalue weighted by atomic mass is 10.1. The number of allylic oxidation sites excluding steroid dienone is 3. The molecule has 4 nitrogen and oxygen atoms in total. The summed E-state index contributed by atoms with van der Waals surface area (Å²) in [6, 6.07) is 0.00357. The second kappa shape index (κ2) is 6.10. The molecule has 16 heavy (non-hydrogen) atoms. The Balaban J connectivity index is 2.34. The van der Waals surface area contributed by atoms with Crippen molar-refractivity contribution in [3.8, 4) is 0 Å². The third kappa shape index (κ3) is 3.88. The van der Waals surface area contributed by atoms with Gasteiger partial charge in [-0.25, -0.2) is 0 Å². The number of hydrogen-bond donors (Lipinski definition) is 2. The minimum atomic E-state index is -0.763. The maximum atomic E-state index is 11.4. The standard InChI is InChI=1S/C12H17NO3/c1-2-3-4-5-11(14)13-10-7-6-9(8-10)12(15)16/h2-5,9-10H,6-8H2,1H3,(H,13,14)(H,15,16)/b3-2+,5-4?. The maximum Gasteiger partial charge on any atom is 0.306 e. The monoisotopic (exact) mass is 223 g/mol. The third-order valence-corrected chi connectivity index (χ3v) is 2.68. The van der Waals surface area contributed by atoms with Gasteiger partial charge < -0.3 is 10.4 Å². The van der Waals surface area contributed by atoms with E-state index in [1.165, 1.54) is 6.08 Å². The summed E-state index contributed by atoms with van der Waals surface area (Å²) < 4.78 is 0. The lowest BCUT2D eigenvalue weighted by molar-refractivity contribution is -0.141. The first-order chi connectivity index (χ1) is 7.63. The molecule has 4 heteroatoms. The van der Waals surface area contributed by atoms with Gasteiger partial charge in [0.15, 0.2) is 0 Å². The molecule has 0 aromatic heterocycles. The number of carboxylic acids is 1. The highest BCUT2D eigenvalue weighted by Crippen LogP contribution is 2.25. The van der Waals surface area contributed by atoms with E-state index in [0.717, 1.165) is 6.42 Å². The Bertz CT molecular complexity index is 320. The normalized spacial score (nSPS) is 25.3. The molecule has 1 amide bonds. The van der Waals surface area contributed by atoms with Crippen LogP contribution in [0.4, 0.5) is 0 Å². The molecule has 0 aromatic rings. The molecular weight excluding hydrogens is 206 g/mol. The number of carboxylic acid groups (broad SMARTS) is 1. The number of carbonyl (C=O) groups excluding carboxylic acids is 1. The van der Waals surface area contributed by atoms with Crippen LogP contribution in [0.5, 0.6) is 0 Å². The van der Waals surface area contributed by atoms with Crippen LogP contribution in [0.3, 0.4) is 0 Å². The van der Waals surface area contributed by atoms with Crippen LogP contribution in [0.25, 0.3) is 0 Å². The van der Waals surface area contributed by atoms with Crippen LogP contribution in [0.15, 0.2) is 24.3 Å². The smallest absolute Gasteiger partial charge is 0.306 e. The Labute approximate surface area is 95.0 Å². The predicted molar refractivity (Wildman–Crippen MR) is 60.9 cm³/mol. The fourth-order valence-electron chi connectivity index (χ4n) is 1.84. The summed E-state index contributed by atoms with van der Waals surface area (Å²) in [5, 5.41) is 11.6. The number of nitrogens with one attached hydrogen (secondary N) is 1. The molecular formula is C12H17NO3. The van der Waals surface area contributed by atoms with E-state index < -0.39 is 5.97 Å². The fourth-order valence-corrected chi connectivity index (χ4v) is 1.84. The molecule has 1 aliphatic rings. The minimum absolute atomic E-state index is 0.00357. The van der Waals surface area contributed by atoms with Crippen molar-refractivity contribution in [1.82, 2.24) is 5.32 Å². The molecule has 88 valence electrons. The topological polar surface area (TPSA) is 66.4 Å². The fraction of sp³-hybridized carbons (Fsp3) is 0.500. The summed E-state index contributed by atoms with van der Waals surface area (Å²) in [4.78, 5) is 22.1. The van der Waals surface area contributed by atoms with Crippen molar-refractivity contribution in [1.29, 1.82) is 0 Å². The summed E-state index contributed by atoms with van der Waals surface area (Å²) in [6.07, 6.45) is 8.67. The number of carbonyl (C=O) groups is 2. The van der Waals surface area contributed by atoms with Gasteiger partial charge in [0.05, 0.1) is 5.92 Å². The number of rotatable bonds is 4. The van der Waals surface area contributed by atoms with Gasteiger partial charge in [-0.05, 0) is 26.2 Å². The summed E-state index contributed by atoms with van der Waals surface area (Å²) in [5.41, 5.74) is 0. The van der Waals surface area contributed by atoms with Crippen LogP contribution in [-0.4, -0.2) is 23.0 Å². The van der Waals surface area contributed by atoms with Crippen molar-refractivity contribution >= 4 is 11.9 Å². The van der Waals surface area contributed by atoms with Gasteiger partial charge in [0.25, 0.3) is 0 Å². The Hall–Kier alpha value is -1.58. The first kappa shape index (κ1) is 12.5. The van der Waals surface area contributed by atoms with Crippen molar-refractivity contribution in [3.05, 3.63) is 24.3 Å². The number of hydrogen-bond acceptors (Lipinski definition) is 2. The Morgan fingerprint density at radius 2 is 2.06 bits per heavy atom. The molecule has 2 N–H and O–H groups in total. The second-order valence-corrected chi connectivity index (χ2v) is 3.94. The molecule has 0 saturated heterocycles. The molecule has 2 atom stereocenters. The van der Waals surface area contributed by atoms with Crippen LogP contribution in [0.1, 0.15) is 26.2 Å². The van der Waals surface area contributed by atoms with Gasteiger partial charge in [-0.15, -0.1) is 0 Å². The van der Waals surface area contributed by atoms with Gasteiger partial charge in [0.1, 0.15) is 0 Å². The highest BCUT2D eigenvalue weighted by Gasteiger charge is 2.29. The first-order valence-electron chi connectivity index (χ1n) is 5.46. The van der Waals surface area contributed by atoms with Gasteiger partial charge in [0.2, 0.25) is 5.91 Å². The predicted octanol–water partition coefficient (Wildman–Crippen LogP) is 1.49. The quantitative estimate of drug-likeness (QED) is 0.560. The van der Waals surface area contributed by atoms with Crippen molar-refractivity contribution in [2.24, 2.45) is 5.92 Å². The summed E-state index contributed by atoms with van der Waals surface area (Å²) in [5.74, 6) is -1.22. The Kier molecular flexibility index (Phi) is 4.76. The number of amides is 1. The van der Waals surface area contributed by atoms with Crippen molar-refractivity contribution in [3.63, 3.8) is 0 Å². The van der Waals surface area contributed by atoms with Gasteiger partial charge in [-0.3, -0.25) is 9.59 Å². The van der Waals surface area contributed by atoms with Crippen molar-refractivity contribution in [2.45, 2.75) is 32.2 Å². The molecule has 0 heterocycles. The first-order valence-corrected chi connectivity index (χ1v) is 5.46. The Morgan fingerprint density at radius 3 is 2.62 bits per heavy atom. The maximum absolute atomic E-state index is 11.4. The van der Waals surface area contributed by atoms with E-state index in [1.54, 1.807) is 12.2 Å². The van der Waals surface area contributed by atoms with E-state index in [2.05, 4.69) is 5.32 Å². The average Bonchev–Trinajstić information content (AvgIpc) is 2.66. The molecule has 2 unspecified atom stereocenters. The van der Waals surface area contributed by atoms with Crippen molar-refractivity contribution in [2.75, 3.05) is 0 Å². The van der Waals surface area contributed by atoms with E-state index in [1.807, 2.05) is 13.0 Å². The van der Waals surface area contributed by atoms with E-state index in [0.29, 0.717) is 12.8 Å². The van der Waals surface area contributed by atoms with E-state index >= 15 is 0 Å². The zero-order valence-corrected chi connectivity index (χ0v) is 9.35. The lowest BCUT2D eigenvalue weighted by Crippen LogP contribution is -2.31. The molecule has 1 rings (SSSR count). The number of aliphatic carboxylic acids is 1. The third-order valence-electron chi connectivity index (χ3n) is 2.68. The molecule has 1 fully saturated rings. The highest BCUT2D eigenvalue weighted by atomic mass is 16.4. The lowest BCUT2D eigenvalue weighted by Gasteiger charge is -2.09. The van der Waals surface area contributed by atoms with Gasteiger partial charge in [-0.1, -0.05) is 18.2 Å². The summed E-state index contributed by atoms with van der Waals surface area (Å²) >= 11 is 0. The van der Waals surface area contributed by atoms with E-state index in [9.17, 15) is 9.59 Å². The van der Waals surface area contributed by atoms with Gasteiger partial charge >= 0.3 is 5.97 Å². The molecule has 0 aromatic carbocycles. The molecule has 0 radical (unpaired) electrons. The second-order valence-electron chi connectivity index (χ2n) is 3.94. The molecule has 1 aliphatic carbocycles. The molecule has 0 bridgehead atoms. The van der Waals surface area contributed by atoms with Crippen LogP contribution in [-0.2, 0) is 9.59 Å². The SMILES string of the molecule is C/C=C/C=CC(=O)NC1CCC(C(=O)O)C1. The van der Waals surface area contributed by atoms with Crippen LogP contribution < -0.4 is 5.32 Å². The van der Waals surface area contributed by atoms with Crippen molar-refractivity contribution < 1.29 is 14.7 Å². The zero-order chi connectivity index (χ0) is 12.0. The van der Waals surface area contributed by atoms with Crippen LogP contribution in [0.2, 0.25) is 0 Å². The molecule has 0 aliphatic heterocycles. The highest BCUT2D eigenvalue weighted by molar-refractivity contribution is 5.88. The van der Waals surface area contributed by atoms with Crippen LogP contribution >= 0.6 is 0 Å².